The van der Waals surface area contributed by atoms with Crippen LogP contribution in [0.1, 0.15) is 11.4 Å². The molecule has 2 rings (SSSR count). The van der Waals surface area contributed by atoms with Gasteiger partial charge in [0.1, 0.15) is 12.8 Å². The number of esters is 1. The largest absolute Gasteiger partial charge is 0.458 e. The van der Waals surface area contributed by atoms with E-state index < -0.39 is 22.4 Å². The number of nitrogens with zero attached hydrogens (tertiary/aromatic N) is 4. The summed E-state index contributed by atoms with van der Waals surface area (Å²) in [6.45, 7) is 0.822. The fourth-order valence-corrected chi connectivity index (χ4v) is 1.94. The second-order valence-electron chi connectivity index (χ2n) is 4.55. The Balaban J connectivity index is 2.06. The van der Waals surface area contributed by atoms with Crippen molar-refractivity contribution in [2.45, 2.75) is 20.1 Å². The van der Waals surface area contributed by atoms with Gasteiger partial charge in [-0.1, -0.05) is 12.1 Å². The molecule has 10 heteroatoms. The zero-order valence-corrected chi connectivity index (χ0v) is 12.0. The highest BCUT2D eigenvalue weighted by molar-refractivity contribution is 5.69. The molecule has 0 bridgehead atoms. The second kappa shape index (κ2) is 6.64. The van der Waals surface area contributed by atoms with E-state index in [2.05, 4.69) is 4.98 Å². The number of ether oxygens (including phenoxy) is 1. The van der Waals surface area contributed by atoms with Crippen LogP contribution in [-0.4, -0.2) is 25.4 Å². The molecule has 0 atom stereocenters. The Morgan fingerprint density at radius 1 is 1.26 bits per heavy atom. The first kappa shape index (κ1) is 16.1. The highest BCUT2D eigenvalue weighted by atomic mass is 16.6. The molecule has 1 aromatic carbocycles. The van der Waals surface area contributed by atoms with Gasteiger partial charge in [0.25, 0.3) is 5.69 Å². The molecule has 0 fully saturated rings. The smallest absolute Gasteiger partial charge is 0.348 e. The normalized spacial score (nSPS) is 10.3. The Kier molecular flexibility index (Phi) is 4.64. The zero-order valence-electron chi connectivity index (χ0n) is 12.0. The fourth-order valence-electron chi connectivity index (χ4n) is 1.94. The van der Waals surface area contributed by atoms with Gasteiger partial charge in [0.05, 0.1) is 10.5 Å². The van der Waals surface area contributed by atoms with Crippen LogP contribution in [-0.2, 0) is 22.7 Å². The summed E-state index contributed by atoms with van der Waals surface area (Å²) in [7, 11) is 0. The Bertz CT molecular complexity index is 770. The maximum absolute atomic E-state index is 11.8. The maximum Gasteiger partial charge on any atom is 0.348 e. The Hall–Kier alpha value is -3.30. The average Bonchev–Trinajstić information content (AvgIpc) is 2.86. The third kappa shape index (κ3) is 3.67. The van der Waals surface area contributed by atoms with Gasteiger partial charge >= 0.3 is 11.8 Å². The molecule has 0 saturated carbocycles. The number of imidazole rings is 1. The van der Waals surface area contributed by atoms with Gasteiger partial charge in [-0.3, -0.25) is 10.1 Å². The number of carbonyl (C=O) groups is 1. The van der Waals surface area contributed by atoms with Crippen LogP contribution < -0.4 is 0 Å². The van der Waals surface area contributed by atoms with Crippen LogP contribution >= 0.6 is 0 Å². The summed E-state index contributed by atoms with van der Waals surface area (Å²) in [5.41, 5.74) is 0.0767. The molecule has 23 heavy (non-hydrogen) atoms. The topological polar surface area (TPSA) is 130 Å². The van der Waals surface area contributed by atoms with E-state index in [0.717, 1.165) is 10.8 Å². The third-order valence-electron chi connectivity index (χ3n) is 3.09. The van der Waals surface area contributed by atoms with E-state index >= 15 is 0 Å². The number of benzene rings is 1. The van der Waals surface area contributed by atoms with Gasteiger partial charge in [0, 0.05) is 13.0 Å². The number of aromatic nitrogens is 2. The van der Waals surface area contributed by atoms with Crippen LogP contribution in [0.25, 0.3) is 0 Å². The van der Waals surface area contributed by atoms with Crippen molar-refractivity contribution >= 4 is 17.5 Å². The van der Waals surface area contributed by atoms with Crippen molar-refractivity contribution < 1.29 is 19.4 Å². The number of para-hydroxylation sites is 1. The van der Waals surface area contributed by atoms with Crippen molar-refractivity contribution in [3.8, 4) is 0 Å². The molecule has 0 aliphatic carbocycles. The van der Waals surface area contributed by atoms with Crippen LogP contribution in [0.2, 0.25) is 0 Å². The van der Waals surface area contributed by atoms with Crippen LogP contribution in [0.3, 0.4) is 0 Å². The standard InChI is InChI=1S/C13H12N4O6/c1-9-14-6-12(17(21)22)15(9)7-13(18)23-8-10-4-2-3-5-11(10)16(19)20/h2-6H,7-8H2,1H3. The molecular formula is C13H12N4O6. The molecular weight excluding hydrogens is 308 g/mol. The van der Waals surface area contributed by atoms with Gasteiger partial charge in [-0.15, -0.1) is 0 Å². The van der Waals surface area contributed by atoms with Gasteiger partial charge in [-0.25, -0.2) is 9.78 Å². The quantitative estimate of drug-likeness (QED) is 0.450. The van der Waals surface area contributed by atoms with Gasteiger partial charge in [0.15, 0.2) is 12.4 Å². The number of hydrogen-bond donors (Lipinski definition) is 0. The maximum atomic E-state index is 11.8. The first-order valence-electron chi connectivity index (χ1n) is 6.44. The number of hydrogen-bond acceptors (Lipinski definition) is 7. The molecule has 0 amide bonds. The predicted molar refractivity (Wildman–Crippen MR) is 76.5 cm³/mol. The molecule has 1 heterocycles. The van der Waals surface area contributed by atoms with Crippen molar-refractivity contribution in [1.29, 1.82) is 0 Å². The van der Waals surface area contributed by atoms with Crippen molar-refractivity contribution in [2.75, 3.05) is 0 Å². The minimum atomic E-state index is -0.757. The van der Waals surface area contributed by atoms with Crippen LogP contribution in [0.5, 0.6) is 0 Å². The molecule has 0 saturated heterocycles. The highest BCUT2D eigenvalue weighted by Crippen LogP contribution is 2.19. The van der Waals surface area contributed by atoms with Crippen LogP contribution in [0.15, 0.2) is 30.5 Å². The first-order chi connectivity index (χ1) is 10.9. The SMILES string of the molecule is Cc1ncc([N+](=O)[O-])n1CC(=O)OCc1ccccc1[N+](=O)[O-]. The van der Waals surface area contributed by atoms with E-state index in [4.69, 9.17) is 4.74 Å². The van der Waals surface area contributed by atoms with Crippen molar-refractivity contribution in [2.24, 2.45) is 0 Å². The third-order valence-corrected chi connectivity index (χ3v) is 3.09. The monoisotopic (exact) mass is 320 g/mol. The van der Waals surface area contributed by atoms with Gasteiger partial charge in [-0.2, -0.15) is 4.57 Å². The van der Waals surface area contributed by atoms with E-state index in [0.29, 0.717) is 5.82 Å². The Labute approximate surface area is 129 Å². The van der Waals surface area contributed by atoms with Crippen molar-refractivity contribution in [1.82, 2.24) is 9.55 Å². The van der Waals surface area contributed by atoms with Crippen molar-refractivity contribution in [3.63, 3.8) is 0 Å². The first-order valence-corrected chi connectivity index (χ1v) is 6.44. The minimum absolute atomic E-state index is 0.162. The van der Waals surface area contributed by atoms with Gasteiger partial charge in [0.2, 0.25) is 0 Å². The van der Waals surface area contributed by atoms with Crippen molar-refractivity contribution in [3.05, 3.63) is 62.1 Å². The summed E-state index contributed by atoms with van der Waals surface area (Å²) < 4.78 is 6.07. The summed E-state index contributed by atoms with van der Waals surface area (Å²) >= 11 is 0. The van der Waals surface area contributed by atoms with Gasteiger partial charge < -0.3 is 14.9 Å². The summed E-state index contributed by atoms with van der Waals surface area (Å²) in [4.78, 5) is 36.1. The molecule has 120 valence electrons. The molecule has 2 aromatic rings. The molecule has 0 radical (unpaired) electrons. The summed E-state index contributed by atoms with van der Waals surface area (Å²) in [6.07, 6.45) is 1.05. The van der Waals surface area contributed by atoms with Crippen LogP contribution in [0, 0.1) is 27.2 Å². The van der Waals surface area contributed by atoms with E-state index in [1.54, 1.807) is 6.07 Å². The number of rotatable bonds is 6. The number of carbonyl (C=O) groups excluding carboxylic acids is 1. The number of nitro benzene ring substituents is 1. The summed E-state index contributed by atoms with van der Waals surface area (Å²) in [6, 6.07) is 5.85. The highest BCUT2D eigenvalue weighted by Gasteiger charge is 2.21. The van der Waals surface area contributed by atoms with E-state index in [-0.39, 0.29) is 23.7 Å². The minimum Gasteiger partial charge on any atom is -0.458 e. The molecule has 0 aliphatic rings. The van der Waals surface area contributed by atoms with E-state index in [1.165, 1.54) is 25.1 Å². The Morgan fingerprint density at radius 2 is 1.96 bits per heavy atom. The Morgan fingerprint density at radius 3 is 2.61 bits per heavy atom. The molecule has 0 spiro atoms. The fraction of sp³-hybridized carbons (Fsp3) is 0.231. The lowest BCUT2D eigenvalue weighted by molar-refractivity contribution is -0.392. The average molecular weight is 320 g/mol. The molecule has 0 unspecified atom stereocenters. The number of aryl methyl sites for hydroxylation is 1. The second-order valence-corrected chi connectivity index (χ2v) is 4.55. The van der Waals surface area contributed by atoms with Gasteiger partial charge in [-0.05, 0) is 11.0 Å². The van der Waals surface area contributed by atoms with E-state index in [9.17, 15) is 25.0 Å². The number of nitro groups is 2. The lowest BCUT2D eigenvalue weighted by Gasteiger charge is -2.06. The molecule has 0 aliphatic heterocycles. The van der Waals surface area contributed by atoms with Crippen LogP contribution in [0.4, 0.5) is 11.5 Å². The summed E-state index contributed by atoms with van der Waals surface area (Å²) in [5, 5.41) is 21.7. The predicted octanol–water partition coefficient (Wildman–Crippen LogP) is 1.75. The summed E-state index contributed by atoms with van der Waals surface area (Å²) in [5.74, 6) is -0.795. The molecule has 0 N–H and O–H groups in total. The lowest BCUT2D eigenvalue weighted by atomic mass is 10.2. The zero-order chi connectivity index (χ0) is 17.0. The van der Waals surface area contributed by atoms with E-state index in [1.807, 2.05) is 0 Å². The molecule has 10 nitrogen and oxygen atoms in total. The lowest BCUT2D eigenvalue weighted by Crippen LogP contribution is -2.16. The molecule has 1 aromatic heterocycles.